The van der Waals surface area contributed by atoms with E-state index in [1.54, 1.807) is 30.5 Å². The van der Waals surface area contributed by atoms with E-state index in [2.05, 4.69) is 5.10 Å². The largest absolute Gasteiger partial charge is 0.508 e. The fourth-order valence-corrected chi connectivity index (χ4v) is 2.88. The van der Waals surface area contributed by atoms with Crippen LogP contribution in [0.4, 0.5) is 8.78 Å². The van der Waals surface area contributed by atoms with Gasteiger partial charge in [0, 0.05) is 5.39 Å². The van der Waals surface area contributed by atoms with Crippen LogP contribution in [0.25, 0.3) is 16.6 Å². The van der Waals surface area contributed by atoms with Crippen LogP contribution in [0.1, 0.15) is 17.2 Å². The monoisotopic (exact) mass is 368 g/mol. The third-order valence-electron chi connectivity index (χ3n) is 4.09. The summed E-state index contributed by atoms with van der Waals surface area (Å²) >= 11 is 0. The van der Waals surface area contributed by atoms with Crippen LogP contribution in [-0.2, 0) is 0 Å². The topological polar surface area (TPSA) is 58.3 Å². The summed E-state index contributed by atoms with van der Waals surface area (Å²) in [5.74, 6) is 0.143. The first-order valence-corrected chi connectivity index (χ1v) is 8.26. The van der Waals surface area contributed by atoms with Crippen LogP contribution < -0.4 is 0 Å². The third-order valence-corrected chi connectivity index (χ3v) is 4.09. The number of hydrogen-bond acceptors (Lipinski definition) is 3. The molecule has 6 heteroatoms. The lowest BCUT2D eigenvalue weighted by Crippen LogP contribution is -2.00. The van der Waals surface area contributed by atoms with E-state index in [1.165, 1.54) is 0 Å². The van der Waals surface area contributed by atoms with E-state index in [4.69, 9.17) is 0 Å². The second kappa shape index (κ2) is 8.42. The summed E-state index contributed by atoms with van der Waals surface area (Å²) in [4.78, 5) is 0. The number of benzene rings is 3. The van der Waals surface area contributed by atoms with E-state index in [1.807, 2.05) is 53.2 Å². The van der Waals surface area contributed by atoms with Gasteiger partial charge in [-0.3, -0.25) is 0 Å². The highest BCUT2D eigenvalue weighted by molar-refractivity contribution is 5.81. The molecule has 2 N–H and O–H groups in total. The minimum Gasteiger partial charge on any atom is -0.508 e. The maximum atomic E-state index is 10.6. The number of aliphatic hydroxyl groups is 1. The number of phenolic OH excluding ortho intramolecular Hbond substituents is 1. The van der Waals surface area contributed by atoms with Gasteiger partial charge in [-0.05, 0) is 47.5 Å². The molecule has 1 aromatic heterocycles. The van der Waals surface area contributed by atoms with Crippen LogP contribution in [0.5, 0.6) is 5.75 Å². The fraction of sp³-hybridized carbons (Fsp3) is 0.0952. The first kappa shape index (κ1) is 18.5. The summed E-state index contributed by atoms with van der Waals surface area (Å²) in [6.45, 7) is -1.75. The van der Waals surface area contributed by atoms with E-state index in [0.29, 0.717) is 5.56 Å². The van der Waals surface area contributed by atoms with Gasteiger partial charge in [-0.2, -0.15) is 5.10 Å². The fourth-order valence-electron chi connectivity index (χ4n) is 2.88. The number of fused-ring (bicyclic) bond motifs is 1. The number of aromatic nitrogens is 2. The van der Waals surface area contributed by atoms with Crippen LogP contribution in [0.3, 0.4) is 0 Å². The lowest BCUT2D eigenvalue weighted by molar-refractivity contribution is 0.220. The minimum atomic E-state index is -1.75. The van der Waals surface area contributed by atoms with Crippen molar-refractivity contribution >= 4 is 10.9 Å². The molecule has 138 valence electrons. The molecule has 0 spiro atoms. The van der Waals surface area contributed by atoms with Gasteiger partial charge >= 0.3 is 0 Å². The van der Waals surface area contributed by atoms with Gasteiger partial charge in [0.05, 0.1) is 17.4 Å². The second-order valence-electron chi connectivity index (χ2n) is 5.81. The van der Waals surface area contributed by atoms with Gasteiger partial charge in [0.25, 0.3) is 0 Å². The highest BCUT2D eigenvalue weighted by atomic mass is 19.3. The Morgan fingerprint density at radius 3 is 2.30 bits per heavy atom. The number of aromatic hydroxyl groups is 1. The molecule has 0 fully saturated rings. The van der Waals surface area contributed by atoms with Crippen molar-refractivity contribution in [2.24, 2.45) is 0 Å². The number of halogens is 2. The summed E-state index contributed by atoms with van der Waals surface area (Å²) in [5.41, 5.74) is 3.40. The van der Waals surface area contributed by atoms with Gasteiger partial charge in [-0.25, -0.2) is 13.5 Å². The molecule has 4 nitrogen and oxygen atoms in total. The molecular weight excluding hydrogens is 350 g/mol. The molecule has 1 atom stereocenters. The zero-order chi connectivity index (χ0) is 19.2. The number of phenols is 1. The number of para-hydroxylation sites is 1. The van der Waals surface area contributed by atoms with Crippen LogP contribution in [-0.4, -0.2) is 26.9 Å². The van der Waals surface area contributed by atoms with E-state index in [9.17, 15) is 19.0 Å². The molecule has 27 heavy (non-hydrogen) atoms. The molecule has 0 aliphatic rings. The predicted octanol–water partition coefficient (Wildman–Crippen LogP) is 4.70. The number of hydrogen-bond donors (Lipinski definition) is 2. The van der Waals surface area contributed by atoms with Gasteiger partial charge < -0.3 is 10.2 Å². The van der Waals surface area contributed by atoms with Crippen molar-refractivity contribution < 1.29 is 19.0 Å². The Labute approximate surface area is 154 Å². The number of nitrogens with zero attached hydrogens (tertiary/aromatic N) is 2. The number of aliphatic hydroxyl groups excluding tert-OH is 1. The molecule has 0 amide bonds. The summed E-state index contributed by atoms with van der Waals surface area (Å²) in [5, 5.41) is 25.5. The SMILES string of the molecule is FCF.Oc1cccc(C(O)c2ccc3c(cnn3-c3ccccc3)c2)c1. The van der Waals surface area contributed by atoms with Crippen LogP contribution in [0.2, 0.25) is 0 Å². The molecule has 0 aliphatic carbocycles. The molecule has 3 aromatic carbocycles. The zero-order valence-corrected chi connectivity index (χ0v) is 14.3. The van der Waals surface area contributed by atoms with E-state index in [0.717, 1.165) is 22.2 Å². The third kappa shape index (κ3) is 4.12. The Bertz CT molecular complexity index is 1020. The van der Waals surface area contributed by atoms with Crippen LogP contribution >= 0.6 is 0 Å². The van der Waals surface area contributed by atoms with Crippen LogP contribution in [0, 0.1) is 0 Å². The van der Waals surface area contributed by atoms with Crippen molar-refractivity contribution in [3.8, 4) is 11.4 Å². The van der Waals surface area contributed by atoms with Crippen molar-refractivity contribution in [3.05, 3.63) is 90.1 Å². The van der Waals surface area contributed by atoms with E-state index >= 15 is 0 Å². The van der Waals surface area contributed by atoms with Crippen molar-refractivity contribution in [1.29, 1.82) is 0 Å². The predicted molar refractivity (Wildman–Crippen MR) is 100 cm³/mol. The molecule has 0 saturated heterocycles. The molecule has 4 aromatic rings. The highest BCUT2D eigenvalue weighted by Crippen LogP contribution is 2.28. The lowest BCUT2D eigenvalue weighted by Gasteiger charge is -2.12. The smallest absolute Gasteiger partial charge is 0.229 e. The van der Waals surface area contributed by atoms with Gasteiger partial charge in [0.15, 0.2) is 0 Å². The van der Waals surface area contributed by atoms with E-state index < -0.39 is 13.0 Å². The Hall–Kier alpha value is -3.25. The average molecular weight is 368 g/mol. The zero-order valence-electron chi connectivity index (χ0n) is 14.3. The first-order valence-electron chi connectivity index (χ1n) is 8.26. The summed E-state index contributed by atoms with van der Waals surface area (Å²) in [6, 6.07) is 22.4. The summed E-state index contributed by atoms with van der Waals surface area (Å²) in [6.07, 6.45) is 1.00. The molecule has 1 unspecified atom stereocenters. The summed E-state index contributed by atoms with van der Waals surface area (Å²) < 4.78 is 21.1. The molecule has 1 heterocycles. The second-order valence-corrected chi connectivity index (χ2v) is 5.81. The standard InChI is InChI=1S/C20H16N2O2.CH2F2/c23-18-8-4-5-14(12-18)20(24)15-9-10-19-16(11-15)13-21-22(19)17-6-2-1-3-7-17;2-1-3/h1-13,20,23-24H;1H2. The van der Waals surface area contributed by atoms with Gasteiger partial charge in [0.2, 0.25) is 6.93 Å². The molecule has 0 aliphatic heterocycles. The van der Waals surface area contributed by atoms with Gasteiger partial charge in [0.1, 0.15) is 11.9 Å². The molecule has 0 saturated carbocycles. The maximum Gasteiger partial charge on any atom is 0.229 e. The van der Waals surface area contributed by atoms with Crippen molar-refractivity contribution in [3.63, 3.8) is 0 Å². The van der Waals surface area contributed by atoms with Gasteiger partial charge in [-0.1, -0.05) is 36.4 Å². The number of rotatable bonds is 3. The maximum absolute atomic E-state index is 10.6. The van der Waals surface area contributed by atoms with Crippen LogP contribution in [0.15, 0.2) is 79.0 Å². The Balaban J connectivity index is 0.000000659. The minimum absolute atomic E-state index is 0.143. The summed E-state index contributed by atoms with van der Waals surface area (Å²) in [7, 11) is 0. The Morgan fingerprint density at radius 2 is 1.59 bits per heavy atom. The normalized spacial score (nSPS) is 11.7. The quantitative estimate of drug-likeness (QED) is 0.551. The molecule has 0 bridgehead atoms. The van der Waals surface area contributed by atoms with Crippen molar-refractivity contribution in [2.75, 3.05) is 6.93 Å². The Morgan fingerprint density at radius 1 is 0.889 bits per heavy atom. The molecule has 4 rings (SSSR count). The lowest BCUT2D eigenvalue weighted by atomic mass is 10.0. The molecular formula is C21H18F2N2O2. The Kier molecular flexibility index (Phi) is 5.78. The average Bonchev–Trinajstić information content (AvgIpc) is 3.12. The van der Waals surface area contributed by atoms with Crippen molar-refractivity contribution in [1.82, 2.24) is 9.78 Å². The van der Waals surface area contributed by atoms with Crippen molar-refractivity contribution in [2.45, 2.75) is 6.10 Å². The highest BCUT2D eigenvalue weighted by Gasteiger charge is 2.13. The first-order chi connectivity index (χ1) is 13.1. The molecule has 0 radical (unpaired) electrons. The number of alkyl halides is 2. The van der Waals surface area contributed by atoms with Gasteiger partial charge in [-0.15, -0.1) is 0 Å². The van der Waals surface area contributed by atoms with E-state index in [-0.39, 0.29) is 5.75 Å².